The molecule has 1 aliphatic rings. The summed E-state index contributed by atoms with van der Waals surface area (Å²) >= 11 is 0. The number of rotatable bonds is 5. The Morgan fingerprint density at radius 1 is 1.00 bits per heavy atom. The number of hydrogen-bond donors (Lipinski definition) is 1. The van der Waals surface area contributed by atoms with Gasteiger partial charge in [-0.2, -0.15) is 0 Å². The van der Waals surface area contributed by atoms with Gasteiger partial charge in [0.2, 0.25) is 5.91 Å². The van der Waals surface area contributed by atoms with Crippen LogP contribution in [-0.4, -0.2) is 41.9 Å². The van der Waals surface area contributed by atoms with Gasteiger partial charge in [-0.05, 0) is 17.7 Å². The first kappa shape index (κ1) is 17.1. The van der Waals surface area contributed by atoms with Crippen molar-refractivity contribution in [1.29, 1.82) is 0 Å². The number of non-ortho nitro benzene ring substituents is 1. The number of quaternary nitrogens is 1. The second kappa shape index (κ2) is 7.90. The van der Waals surface area contributed by atoms with Crippen LogP contribution in [0.3, 0.4) is 0 Å². The largest absolute Gasteiger partial charge is 0.331 e. The lowest BCUT2D eigenvalue weighted by Crippen LogP contribution is -3.13. The van der Waals surface area contributed by atoms with Crippen LogP contribution < -0.4 is 4.90 Å². The molecule has 0 atom stereocenters. The quantitative estimate of drug-likeness (QED) is 0.654. The number of carbonyl (C=O) groups is 1. The Hall–Kier alpha value is -2.73. The number of carbonyl (C=O) groups excluding carboxylic acids is 1. The van der Waals surface area contributed by atoms with E-state index in [1.807, 2.05) is 47.4 Å². The molecule has 1 saturated heterocycles. The Labute approximate surface area is 146 Å². The summed E-state index contributed by atoms with van der Waals surface area (Å²) in [6.07, 6.45) is 0.457. The molecule has 0 bridgehead atoms. The van der Waals surface area contributed by atoms with E-state index in [0.29, 0.717) is 6.42 Å². The van der Waals surface area contributed by atoms with Crippen molar-refractivity contribution in [3.63, 3.8) is 0 Å². The summed E-state index contributed by atoms with van der Waals surface area (Å²) in [4.78, 5) is 26.0. The maximum Gasteiger partial charge on any atom is 0.269 e. The van der Waals surface area contributed by atoms with E-state index in [1.165, 1.54) is 4.90 Å². The van der Waals surface area contributed by atoms with Gasteiger partial charge < -0.3 is 9.80 Å². The average Bonchev–Trinajstić information content (AvgIpc) is 2.63. The summed E-state index contributed by atoms with van der Waals surface area (Å²) in [7, 11) is 0. The Kier molecular flexibility index (Phi) is 5.40. The van der Waals surface area contributed by atoms with Gasteiger partial charge in [-0.1, -0.05) is 30.3 Å². The Bertz CT molecular complexity index is 723. The maximum absolute atomic E-state index is 12.4. The molecule has 3 rings (SSSR count). The van der Waals surface area contributed by atoms with Crippen molar-refractivity contribution < 1.29 is 14.6 Å². The Morgan fingerprint density at radius 3 is 2.24 bits per heavy atom. The second-order valence-corrected chi connectivity index (χ2v) is 6.39. The molecule has 1 N–H and O–H groups in total. The molecule has 0 aliphatic carbocycles. The Balaban J connectivity index is 1.48. The van der Waals surface area contributed by atoms with E-state index in [4.69, 9.17) is 0 Å². The third-order valence-corrected chi connectivity index (χ3v) is 4.62. The second-order valence-electron chi connectivity index (χ2n) is 6.39. The van der Waals surface area contributed by atoms with Crippen LogP contribution in [0.1, 0.15) is 11.1 Å². The van der Waals surface area contributed by atoms with E-state index in [0.717, 1.165) is 43.9 Å². The molecule has 0 aromatic heterocycles. The number of piperazine rings is 1. The van der Waals surface area contributed by atoms with Crippen LogP contribution in [-0.2, 0) is 17.8 Å². The van der Waals surface area contributed by atoms with Gasteiger partial charge in [-0.3, -0.25) is 14.9 Å². The highest BCUT2D eigenvalue weighted by Crippen LogP contribution is 2.11. The van der Waals surface area contributed by atoms with Crippen molar-refractivity contribution in [2.45, 2.75) is 13.0 Å². The first-order valence-corrected chi connectivity index (χ1v) is 8.50. The fourth-order valence-electron chi connectivity index (χ4n) is 3.16. The first-order chi connectivity index (χ1) is 12.1. The third-order valence-electron chi connectivity index (χ3n) is 4.62. The first-order valence-electron chi connectivity index (χ1n) is 8.50. The molecule has 6 heteroatoms. The highest BCUT2D eigenvalue weighted by atomic mass is 16.6. The van der Waals surface area contributed by atoms with Crippen LogP contribution >= 0.6 is 0 Å². The van der Waals surface area contributed by atoms with Crippen LogP contribution in [0.15, 0.2) is 54.6 Å². The number of nitro groups is 1. The van der Waals surface area contributed by atoms with Gasteiger partial charge in [0.15, 0.2) is 0 Å². The zero-order chi connectivity index (χ0) is 17.6. The van der Waals surface area contributed by atoms with Gasteiger partial charge in [-0.15, -0.1) is 0 Å². The molecule has 2 aromatic rings. The van der Waals surface area contributed by atoms with Gasteiger partial charge in [0, 0.05) is 17.7 Å². The fraction of sp³-hybridized carbons (Fsp3) is 0.316. The van der Waals surface area contributed by atoms with E-state index in [2.05, 4.69) is 0 Å². The van der Waals surface area contributed by atoms with Crippen LogP contribution in [0.5, 0.6) is 0 Å². The molecular weight excluding hydrogens is 318 g/mol. The van der Waals surface area contributed by atoms with E-state index in [-0.39, 0.29) is 16.5 Å². The van der Waals surface area contributed by atoms with Crippen molar-refractivity contribution in [1.82, 2.24) is 4.90 Å². The molecule has 130 valence electrons. The van der Waals surface area contributed by atoms with Crippen molar-refractivity contribution >= 4 is 11.6 Å². The SMILES string of the molecule is O=C(Cc1ccccc1)N1CC[NH+](Cc2ccc([N+](=O)[O-])cc2)CC1. The monoisotopic (exact) mass is 340 g/mol. The normalized spacial score (nSPS) is 15.1. The molecular formula is C19H22N3O3+. The summed E-state index contributed by atoms with van der Waals surface area (Å²) in [6.45, 7) is 4.15. The zero-order valence-electron chi connectivity index (χ0n) is 14.1. The molecule has 0 radical (unpaired) electrons. The maximum atomic E-state index is 12.4. The molecule has 6 nitrogen and oxygen atoms in total. The minimum atomic E-state index is -0.381. The van der Waals surface area contributed by atoms with Gasteiger partial charge in [-0.25, -0.2) is 0 Å². The van der Waals surface area contributed by atoms with Crippen molar-refractivity contribution in [2.24, 2.45) is 0 Å². The predicted molar refractivity (Wildman–Crippen MR) is 94.2 cm³/mol. The lowest BCUT2D eigenvalue weighted by molar-refractivity contribution is -0.917. The highest BCUT2D eigenvalue weighted by Gasteiger charge is 2.23. The lowest BCUT2D eigenvalue weighted by atomic mass is 10.1. The Morgan fingerprint density at radius 2 is 1.64 bits per heavy atom. The standard InChI is InChI=1S/C19H21N3O3/c23-19(14-16-4-2-1-3-5-16)21-12-10-20(11-13-21)15-17-6-8-18(9-7-17)22(24)25/h1-9H,10-15H2/p+1. The molecule has 2 aromatic carbocycles. The molecule has 25 heavy (non-hydrogen) atoms. The minimum Gasteiger partial charge on any atom is -0.331 e. The van der Waals surface area contributed by atoms with E-state index < -0.39 is 0 Å². The third kappa shape index (κ3) is 4.64. The van der Waals surface area contributed by atoms with Crippen molar-refractivity contribution in [2.75, 3.05) is 26.2 Å². The molecule has 1 fully saturated rings. The van der Waals surface area contributed by atoms with E-state index in [1.54, 1.807) is 12.1 Å². The van der Waals surface area contributed by atoms with Crippen LogP contribution in [0.2, 0.25) is 0 Å². The molecule has 0 saturated carbocycles. The van der Waals surface area contributed by atoms with Gasteiger partial charge in [0.25, 0.3) is 5.69 Å². The summed E-state index contributed by atoms with van der Waals surface area (Å²) in [5, 5.41) is 10.7. The summed E-state index contributed by atoms with van der Waals surface area (Å²) in [6, 6.07) is 16.6. The van der Waals surface area contributed by atoms with Crippen LogP contribution in [0, 0.1) is 10.1 Å². The number of nitrogens with zero attached hydrogens (tertiary/aromatic N) is 2. The highest BCUT2D eigenvalue weighted by molar-refractivity contribution is 5.78. The fourth-order valence-corrected chi connectivity index (χ4v) is 3.16. The number of nitrogens with one attached hydrogen (secondary N) is 1. The smallest absolute Gasteiger partial charge is 0.269 e. The minimum absolute atomic E-state index is 0.120. The van der Waals surface area contributed by atoms with Crippen LogP contribution in [0.4, 0.5) is 5.69 Å². The van der Waals surface area contributed by atoms with E-state index >= 15 is 0 Å². The van der Waals surface area contributed by atoms with Gasteiger partial charge >= 0.3 is 0 Å². The molecule has 1 heterocycles. The van der Waals surface area contributed by atoms with Crippen LogP contribution in [0.25, 0.3) is 0 Å². The molecule has 1 aliphatic heterocycles. The van der Waals surface area contributed by atoms with E-state index in [9.17, 15) is 14.9 Å². The number of amides is 1. The average molecular weight is 340 g/mol. The number of benzene rings is 2. The van der Waals surface area contributed by atoms with Crippen molar-refractivity contribution in [3.05, 3.63) is 75.8 Å². The summed E-state index contributed by atoms with van der Waals surface area (Å²) in [5.74, 6) is 0.181. The van der Waals surface area contributed by atoms with Gasteiger partial charge in [0.05, 0.1) is 37.5 Å². The molecule has 0 unspecified atom stereocenters. The number of nitro benzene ring substituents is 1. The lowest BCUT2D eigenvalue weighted by Gasteiger charge is -2.32. The summed E-state index contributed by atoms with van der Waals surface area (Å²) < 4.78 is 0. The summed E-state index contributed by atoms with van der Waals surface area (Å²) in [5.41, 5.74) is 2.26. The topological polar surface area (TPSA) is 67.9 Å². The molecule has 0 spiro atoms. The van der Waals surface area contributed by atoms with Gasteiger partial charge in [0.1, 0.15) is 6.54 Å². The predicted octanol–water partition coefficient (Wildman–Crippen LogP) is 1.06. The van der Waals surface area contributed by atoms with Crippen molar-refractivity contribution in [3.8, 4) is 0 Å². The number of hydrogen-bond acceptors (Lipinski definition) is 3. The zero-order valence-corrected chi connectivity index (χ0v) is 14.1. The molecule has 1 amide bonds.